The minimum absolute atomic E-state index is 0.284. The number of carbonyl (C=O) groups is 1. The fraction of sp³-hybridized carbons (Fsp3) is 0.667. The van der Waals surface area contributed by atoms with Crippen molar-refractivity contribution in [1.29, 1.82) is 0 Å². The van der Waals surface area contributed by atoms with Crippen molar-refractivity contribution in [3.05, 3.63) is 12.7 Å². The molecule has 0 radical (unpaired) electrons. The van der Waals surface area contributed by atoms with Crippen LogP contribution in [0.2, 0.25) is 0 Å². The molecule has 16 heavy (non-hydrogen) atoms. The molecule has 0 aromatic heterocycles. The number of nitrogens with one attached hydrogen (secondary N) is 1. The van der Waals surface area contributed by atoms with Gasteiger partial charge in [0.1, 0.15) is 0 Å². The smallest absolute Gasteiger partial charge is 0.269 e. The lowest BCUT2D eigenvalue weighted by Crippen LogP contribution is -2.48. The number of carbonyl (C=O) groups excluding carboxylic acids is 1. The molecule has 1 amide bonds. The van der Waals surface area contributed by atoms with E-state index < -0.39 is 21.6 Å². The van der Waals surface area contributed by atoms with Gasteiger partial charge in [-0.1, -0.05) is 6.58 Å². The summed E-state index contributed by atoms with van der Waals surface area (Å²) >= 11 is 0. The van der Waals surface area contributed by atoms with Gasteiger partial charge in [-0.05, 0) is 19.9 Å². The monoisotopic (exact) mass is 251 g/mol. The summed E-state index contributed by atoms with van der Waals surface area (Å²) in [6.07, 6.45) is 1.06. The predicted octanol–water partition coefficient (Wildman–Crippen LogP) is -0.594. The lowest BCUT2D eigenvalue weighted by molar-refractivity contribution is -0.117. The molecule has 0 bridgehead atoms. The second-order valence-corrected chi connectivity index (χ2v) is 5.46. The Hall–Kier alpha value is -0.920. The fourth-order valence-electron chi connectivity index (χ4n) is 1.07. The lowest BCUT2D eigenvalue weighted by atomic mass is 10.1. The van der Waals surface area contributed by atoms with Gasteiger partial charge in [0.25, 0.3) is 10.1 Å². The Bertz CT molecular complexity index is 347. The lowest BCUT2D eigenvalue weighted by Gasteiger charge is -2.24. The van der Waals surface area contributed by atoms with Crippen molar-refractivity contribution in [3.8, 4) is 0 Å². The summed E-state index contributed by atoms with van der Waals surface area (Å²) in [5.41, 5.74) is -0.959. The molecule has 0 aliphatic heterocycles. The van der Waals surface area contributed by atoms with E-state index in [9.17, 15) is 13.2 Å². The first-order valence-corrected chi connectivity index (χ1v) is 6.23. The van der Waals surface area contributed by atoms with E-state index in [4.69, 9.17) is 5.11 Å². The van der Waals surface area contributed by atoms with Crippen LogP contribution in [0.5, 0.6) is 0 Å². The number of aliphatic hydroxyl groups is 1. The van der Waals surface area contributed by atoms with Crippen LogP contribution in [-0.2, 0) is 19.1 Å². The number of hydrogen-bond donors (Lipinski definition) is 2. The van der Waals surface area contributed by atoms with Gasteiger partial charge in [-0.2, -0.15) is 8.42 Å². The van der Waals surface area contributed by atoms with Gasteiger partial charge in [-0.3, -0.25) is 8.98 Å². The largest absolute Gasteiger partial charge is 0.394 e. The van der Waals surface area contributed by atoms with E-state index in [0.717, 1.165) is 6.08 Å². The Morgan fingerprint density at radius 3 is 2.56 bits per heavy atom. The predicted molar refractivity (Wildman–Crippen MR) is 59.2 cm³/mol. The normalized spacial score (nSPS) is 12.2. The van der Waals surface area contributed by atoms with Crippen molar-refractivity contribution < 1.29 is 22.5 Å². The summed E-state index contributed by atoms with van der Waals surface area (Å²) in [6.45, 7) is 5.70. The van der Waals surface area contributed by atoms with Gasteiger partial charge in [0.15, 0.2) is 0 Å². The standard InChI is InChI=1S/C9H17NO5S/c1-4-8(12)10-9(2,3)7-16(13,14)15-6-5-11/h4,11H,1,5-7H2,2-3H3,(H,10,12). The molecule has 0 aliphatic carbocycles. The van der Waals surface area contributed by atoms with Crippen LogP contribution < -0.4 is 5.32 Å². The molecule has 0 aromatic rings. The Labute approximate surface area is 95.4 Å². The fourth-order valence-corrected chi connectivity index (χ4v) is 2.44. The molecule has 0 saturated heterocycles. The Morgan fingerprint density at radius 2 is 2.12 bits per heavy atom. The van der Waals surface area contributed by atoms with E-state index in [1.165, 1.54) is 0 Å². The maximum Gasteiger partial charge on any atom is 0.269 e. The van der Waals surface area contributed by atoms with Crippen LogP contribution in [0.3, 0.4) is 0 Å². The molecule has 0 atom stereocenters. The van der Waals surface area contributed by atoms with Gasteiger partial charge in [0.2, 0.25) is 5.91 Å². The Balaban J connectivity index is 4.45. The van der Waals surface area contributed by atoms with Crippen LogP contribution in [0.4, 0.5) is 0 Å². The zero-order valence-corrected chi connectivity index (χ0v) is 10.2. The zero-order valence-electron chi connectivity index (χ0n) is 9.39. The number of rotatable bonds is 7. The first kappa shape index (κ1) is 15.1. The molecule has 0 heterocycles. The highest BCUT2D eigenvalue weighted by Gasteiger charge is 2.27. The molecule has 2 N–H and O–H groups in total. The van der Waals surface area contributed by atoms with Gasteiger partial charge >= 0.3 is 0 Å². The van der Waals surface area contributed by atoms with E-state index >= 15 is 0 Å². The van der Waals surface area contributed by atoms with Crippen LogP contribution in [0.15, 0.2) is 12.7 Å². The molecule has 0 aromatic carbocycles. The van der Waals surface area contributed by atoms with Crippen LogP contribution in [0.25, 0.3) is 0 Å². The first-order valence-electron chi connectivity index (χ1n) is 4.65. The van der Waals surface area contributed by atoms with Crippen molar-refractivity contribution in [1.82, 2.24) is 5.32 Å². The molecule has 0 rings (SSSR count). The molecular weight excluding hydrogens is 234 g/mol. The molecule has 0 unspecified atom stereocenters. The Kier molecular flexibility index (Phi) is 5.63. The summed E-state index contributed by atoms with van der Waals surface area (Å²) in [5, 5.41) is 10.9. The highest BCUT2D eigenvalue weighted by molar-refractivity contribution is 7.86. The molecule has 0 saturated carbocycles. The van der Waals surface area contributed by atoms with Crippen LogP contribution in [-0.4, -0.2) is 43.9 Å². The van der Waals surface area contributed by atoms with Crippen LogP contribution >= 0.6 is 0 Å². The third kappa shape index (κ3) is 6.54. The Morgan fingerprint density at radius 1 is 1.56 bits per heavy atom. The average Bonchev–Trinajstić information content (AvgIpc) is 2.12. The van der Waals surface area contributed by atoms with Crippen molar-refractivity contribution in [2.75, 3.05) is 19.0 Å². The molecule has 0 spiro atoms. The average molecular weight is 251 g/mol. The molecule has 6 nitrogen and oxygen atoms in total. The van der Waals surface area contributed by atoms with Gasteiger partial charge in [0.05, 0.1) is 24.5 Å². The SMILES string of the molecule is C=CC(=O)NC(C)(C)CS(=O)(=O)OCCO. The molecule has 0 aliphatic rings. The van der Waals surface area contributed by atoms with E-state index in [-0.39, 0.29) is 19.0 Å². The van der Waals surface area contributed by atoms with Crippen molar-refractivity contribution in [2.45, 2.75) is 19.4 Å². The van der Waals surface area contributed by atoms with E-state index in [1.807, 2.05) is 0 Å². The summed E-state index contributed by atoms with van der Waals surface area (Å²) in [4.78, 5) is 11.0. The number of amides is 1. The third-order valence-corrected chi connectivity index (χ3v) is 3.14. The molecular formula is C9H17NO5S. The summed E-state index contributed by atoms with van der Waals surface area (Å²) < 4.78 is 27.2. The second-order valence-electron chi connectivity index (χ2n) is 3.82. The quantitative estimate of drug-likeness (QED) is 0.466. The van der Waals surface area contributed by atoms with Crippen molar-refractivity contribution >= 4 is 16.0 Å². The van der Waals surface area contributed by atoms with Crippen molar-refractivity contribution in [2.24, 2.45) is 0 Å². The number of aliphatic hydroxyl groups excluding tert-OH is 1. The highest BCUT2D eigenvalue weighted by atomic mass is 32.2. The summed E-state index contributed by atoms with van der Waals surface area (Å²) in [5.74, 6) is -0.832. The molecule has 7 heteroatoms. The molecule has 0 fully saturated rings. The van der Waals surface area contributed by atoms with E-state index in [2.05, 4.69) is 16.1 Å². The van der Waals surface area contributed by atoms with Crippen LogP contribution in [0.1, 0.15) is 13.8 Å². The van der Waals surface area contributed by atoms with E-state index in [0.29, 0.717) is 0 Å². The van der Waals surface area contributed by atoms with Gasteiger partial charge in [-0.15, -0.1) is 0 Å². The van der Waals surface area contributed by atoms with Gasteiger partial charge in [0, 0.05) is 0 Å². The number of hydrogen-bond acceptors (Lipinski definition) is 5. The maximum absolute atomic E-state index is 11.4. The minimum atomic E-state index is -3.76. The zero-order chi connectivity index (χ0) is 12.8. The third-order valence-electron chi connectivity index (χ3n) is 1.54. The van der Waals surface area contributed by atoms with Gasteiger partial charge in [-0.25, -0.2) is 0 Å². The topological polar surface area (TPSA) is 92.7 Å². The molecule has 94 valence electrons. The highest BCUT2D eigenvalue weighted by Crippen LogP contribution is 2.08. The van der Waals surface area contributed by atoms with E-state index in [1.54, 1.807) is 13.8 Å². The van der Waals surface area contributed by atoms with Crippen LogP contribution in [0, 0.1) is 0 Å². The summed E-state index contributed by atoms with van der Waals surface area (Å²) in [7, 11) is -3.76. The van der Waals surface area contributed by atoms with Crippen molar-refractivity contribution in [3.63, 3.8) is 0 Å². The first-order chi connectivity index (χ1) is 7.22. The second kappa shape index (κ2) is 5.97. The van der Waals surface area contributed by atoms with Gasteiger partial charge < -0.3 is 10.4 Å². The maximum atomic E-state index is 11.4. The summed E-state index contributed by atoms with van der Waals surface area (Å²) in [6, 6.07) is 0. The minimum Gasteiger partial charge on any atom is -0.394 e.